The second kappa shape index (κ2) is 7.15. The van der Waals surface area contributed by atoms with E-state index in [0.717, 1.165) is 23.2 Å². The standard InChI is InChI=1S/C16H22N4O/c1-11(2)7-14-9-15(20-17)19-16(18-14)13-6-4-5-12(8-13)10-21-3/h4-6,8-9,11H,7,10,17H2,1-3H3,(H,18,19,20). The Balaban J connectivity index is 2.39. The number of aromatic nitrogens is 2. The van der Waals surface area contributed by atoms with Crippen molar-refractivity contribution in [3.8, 4) is 11.4 Å². The number of rotatable bonds is 6. The minimum Gasteiger partial charge on any atom is -0.380 e. The van der Waals surface area contributed by atoms with E-state index in [1.54, 1.807) is 7.11 Å². The molecule has 1 heterocycles. The van der Waals surface area contributed by atoms with Gasteiger partial charge in [0, 0.05) is 24.4 Å². The maximum Gasteiger partial charge on any atom is 0.161 e. The van der Waals surface area contributed by atoms with Crippen molar-refractivity contribution >= 4 is 5.82 Å². The van der Waals surface area contributed by atoms with Crippen LogP contribution in [-0.2, 0) is 17.8 Å². The molecule has 2 rings (SSSR count). The van der Waals surface area contributed by atoms with Crippen LogP contribution in [0.1, 0.15) is 25.1 Å². The molecule has 0 aliphatic carbocycles. The third kappa shape index (κ3) is 4.24. The maximum atomic E-state index is 5.51. The van der Waals surface area contributed by atoms with E-state index in [1.165, 1.54) is 0 Å². The Kier molecular flexibility index (Phi) is 5.25. The van der Waals surface area contributed by atoms with Gasteiger partial charge in [-0.25, -0.2) is 15.8 Å². The van der Waals surface area contributed by atoms with E-state index in [0.29, 0.717) is 24.2 Å². The molecule has 0 aliphatic rings. The summed E-state index contributed by atoms with van der Waals surface area (Å²) in [6.45, 7) is 4.90. The fraction of sp³-hybridized carbons (Fsp3) is 0.375. The van der Waals surface area contributed by atoms with Crippen molar-refractivity contribution in [2.45, 2.75) is 26.9 Å². The van der Waals surface area contributed by atoms with Crippen molar-refractivity contribution < 1.29 is 4.74 Å². The second-order valence-electron chi connectivity index (χ2n) is 5.44. The summed E-state index contributed by atoms with van der Waals surface area (Å²) in [5.41, 5.74) is 5.66. The zero-order chi connectivity index (χ0) is 15.2. The van der Waals surface area contributed by atoms with Gasteiger partial charge >= 0.3 is 0 Å². The number of nitrogens with zero attached hydrogens (tertiary/aromatic N) is 2. The van der Waals surface area contributed by atoms with Crippen LogP contribution >= 0.6 is 0 Å². The highest BCUT2D eigenvalue weighted by molar-refractivity contribution is 5.58. The quantitative estimate of drug-likeness (QED) is 0.631. The number of hydrogen-bond donors (Lipinski definition) is 2. The van der Waals surface area contributed by atoms with Crippen molar-refractivity contribution in [1.29, 1.82) is 0 Å². The van der Waals surface area contributed by atoms with Crippen molar-refractivity contribution in [1.82, 2.24) is 9.97 Å². The molecule has 0 amide bonds. The molecule has 0 atom stereocenters. The Bertz CT molecular complexity index is 599. The molecule has 21 heavy (non-hydrogen) atoms. The van der Waals surface area contributed by atoms with Gasteiger partial charge in [0.15, 0.2) is 5.82 Å². The molecule has 0 spiro atoms. The number of nitrogen functional groups attached to an aromatic ring is 1. The molecule has 1 aromatic heterocycles. The maximum absolute atomic E-state index is 5.51. The summed E-state index contributed by atoms with van der Waals surface area (Å²) < 4.78 is 5.17. The number of benzene rings is 1. The van der Waals surface area contributed by atoms with Crippen LogP contribution < -0.4 is 11.3 Å². The average molecular weight is 286 g/mol. The number of nitrogens with one attached hydrogen (secondary N) is 1. The van der Waals surface area contributed by atoms with Gasteiger partial charge in [-0.2, -0.15) is 0 Å². The van der Waals surface area contributed by atoms with Crippen molar-refractivity contribution in [2.75, 3.05) is 12.5 Å². The minimum absolute atomic E-state index is 0.526. The van der Waals surface area contributed by atoms with Gasteiger partial charge in [-0.05, 0) is 24.0 Å². The van der Waals surface area contributed by atoms with Crippen molar-refractivity contribution in [3.05, 3.63) is 41.6 Å². The molecule has 5 heteroatoms. The molecule has 0 saturated heterocycles. The monoisotopic (exact) mass is 286 g/mol. The Morgan fingerprint density at radius 2 is 2.05 bits per heavy atom. The lowest BCUT2D eigenvalue weighted by atomic mass is 10.1. The van der Waals surface area contributed by atoms with Gasteiger partial charge in [-0.1, -0.05) is 32.0 Å². The number of hydrogen-bond acceptors (Lipinski definition) is 5. The van der Waals surface area contributed by atoms with E-state index >= 15 is 0 Å². The fourth-order valence-corrected chi connectivity index (χ4v) is 2.19. The summed E-state index contributed by atoms with van der Waals surface area (Å²) in [5, 5.41) is 0. The zero-order valence-electron chi connectivity index (χ0n) is 12.8. The van der Waals surface area contributed by atoms with Crippen LogP contribution in [0, 0.1) is 5.92 Å². The molecule has 112 valence electrons. The highest BCUT2D eigenvalue weighted by Crippen LogP contribution is 2.20. The average Bonchev–Trinajstić information content (AvgIpc) is 2.47. The summed E-state index contributed by atoms with van der Waals surface area (Å²) >= 11 is 0. The van der Waals surface area contributed by atoms with Crippen LogP contribution in [0.2, 0.25) is 0 Å². The molecule has 0 aliphatic heterocycles. The summed E-state index contributed by atoms with van der Waals surface area (Å²) in [6, 6.07) is 9.93. The first-order valence-corrected chi connectivity index (χ1v) is 7.05. The van der Waals surface area contributed by atoms with Gasteiger partial charge in [0.25, 0.3) is 0 Å². The molecule has 5 nitrogen and oxygen atoms in total. The van der Waals surface area contributed by atoms with Crippen LogP contribution in [0.25, 0.3) is 11.4 Å². The Morgan fingerprint density at radius 3 is 2.71 bits per heavy atom. The fourth-order valence-electron chi connectivity index (χ4n) is 2.19. The minimum atomic E-state index is 0.526. The molecule has 0 saturated carbocycles. The lowest BCUT2D eigenvalue weighted by Crippen LogP contribution is -2.11. The molecule has 0 radical (unpaired) electrons. The molecule has 0 fully saturated rings. The lowest BCUT2D eigenvalue weighted by Gasteiger charge is -2.10. The highest BCUT2D eigenvalue weighted by Gasteiger charge is 2.08. The van der Waals surface area contributed by atoms with Crippen LogP contribution in [0.5, 0.6) is 0 Å². The first-order chi connectivity index (χ1) is 10.1. The second-order valence-corrected chi connectivity index (χ2v) is 5.44. The van der Waals surface area contributed by atoms with E-state index in [9.17, 15) is 0 Å². The van der Waals surface area contributed by atoms with Gasteiger partial charge in [0.1, 0.15) is 5.82 Å². The molecular weight excluding hydrogens is 264 g/mol. The zero-order valence-corrected chi connectivity index (χ0v) is 12.8. The van der Waals surface area contributed by atoms with Crippen molar-refractivity contribution in [3.63, 3.8) is 0 Å². The molecule has 0 unspecified atom stereocenters. The van der Waals surface area contributed by atoms with Gasteiger partial charge in [-0.3, -0.25) is 0 Å². The Labute approximate surface area is 125 Å². The lowest BCUT2D eigenvalue weighted by molar-refractivity contribution is 0.185. The van der Waals surface area contributed by atoms with Crippen LogP contribution in [0.4, 0.5) is 5.82 Å². The highest BCUT2D eigenvalue weighted by atomic mass is 16.5. The van der Waals surface area contributed by atoms with E-state index in [-0.39, 0.29) is 0 Å². The first-order valence-electron chi connectivity index (χ1n) is 7.05. The molecular formula is C16H22N4O. The molecule has 1 aromatic carbocycles. The van der Waals surface area contributed by atoms with Crippen LogP contribution in [-0.4, -0.2) is 17.1 Å². The van der Waals surface area contributed by atoms with E-state index < -0.39 is 0 Å². The number of ether oxygens (including phenoxy) is 1. The Morgan fingerprint density at radius 1 is 1.24 bits per heavy atom. The Hall–Kier alpha value is -1.98. The number of anilines is 1. The topological polar surface area (TPSA) is 73.1 Å². The number of hydrazine groups is 1. The smallest absolute Gasteiger partial charge is 0.161 e. The third-order valence-corrected chi connectivity index (χ3v) is 3.04. The largest absolute Gasteiger partial charge is 0.380 e. The van der Waals surface area contributed by atoms with Crippen LogP contribution in [0.3, 0.4) is 0 Å². The number of methoxy groups -OCH3 is 1. The first kappa shape index (κ1) is 15.4. The molecule has 2 aromatic rings. The molecule has 3 N–H and O–H groups in total. The van der Waals surface area contributed by atoms with Crippen molar-refractivity contribution in [2.24, 2.45) is 11.8 Å². The van der Waals surface area contributed by atoms with Crippen LogP contribution in [0.15, 0.2) is 30.3 Å². The third-order valence-electron chi connectivity index (χ3n) is 3.04. The van der Waals surface area contributed by atoms with E-state index in [1.807, 2.05) is 30.3 Å². The predicted molar refractivity (Wildman–Crippen MR) is 84.5 cm³/mol. The SMILES string of the molecule is COCc1cccc(-c2nc(CC(C)C)cc(NN)n2)c1. The summed E-state index contributed by atoms with van der Waals surface area (Å²) in [4.78, 5) is 9.09. The van der Waals surface area contributed by atoms with Gasteiger partial charge in [0.05, 0.1) is 6.61 Å². The summed E-state index contributed by atoms with van der Waals surface area (Å²) in [5.74, 6) is 7.35. The summed E-state index contributed by atoms with van der Waals surface area (Å²) in [7, 11) is 1.68. The predicted octanol–water partition coefficient (Wildman–Crippen LogP) is 2.77. The van der Waals surface area contributed by atoms with Gasteiger partial charge in [0.2, 0.25) is 0 Å². The van der Waals surface area contributed by atoms with E-state index in [2.05, 4.69) is 29.2 Å². The molecule has 0 bridgehead atoms. The number of nitrogens with two attached hydrogens (primary N) is 1. The van der Waals surface area contributed by atoms with Gasteiger partial charge < -0.3 is 10.2 Å². The van der Waals surface area contributed by atoms with E-state index in [4.69, 9.17) is 10.6 Å². The summed E-state index contributed by atoms with van der Waals surface area (Å²) in [6.07, 6.45) is 0.891. The normalized spacial score (nSPS) is 10.9. The van der Waals surface area contributed by atoms with Gasteiger partial charge in [-0.15, -0.1) is 0 Å².